The highest BCUT2D eigenvalue weighted by Crippen LogP contribution is 2.20. The molecule has 0 aliphatic heterocycles. The highest BCUT2D eigenvalue weighted by Gasteiger charge is 2.11. The van der Waals surface area contributed by atoms with Gasteiger partial charge in [0.05, 0.1) is 17.1 Å². The van der Waals surface area contributed by atoms with E-state index in [2.05, 4.69) is 17.6 Å². The molecule has 2 N–H and O–H groups in total. The van der Waals surface area contributed by atoms with Gasteiger partial charge in [0, 0.05) is 11.6 Å². The Balaban J connectivity index is 2.37. The van der Waals surface area contributed by atoms with Crippen molar-refractivity contribution in [2.45, 2.75) is 26.2 Å². The average Bonchev–Trinajstić information content (AvgIpc) is 2.41. The van der Waals surface area contributed by atoms with Crippen LogP contribution in [0.5, 0.6) is 0 Å². The Morgan fingerprint density at radius 2 is 1.90 bits per heavy atom. The molecular weight excluding hydrogens is 299 g/mol. The minimum absolute atomic E-state index is 0.0656. The summed E-state index contributed by atoms with van der Waals surface area (Å²) in [6.45, 7) is 2.66. The molecule has 0 heterocycles. The molecule has 0 fully saturated rings. The fraction of sp³-hybridized carbons (Fsp3) is 0.429. The van der Waals surface area contributed by atoms with E-state index in [0.29, 0.717) is 17.1 Å². The highest BCUT2D eigenvalue weighted by molar-refractivity contribution is 6.36. The smallest absolute Gasteiger partial charge is 0.253 e. The van der Waals surface area contributed by atoms with Crippen LogP contribution in [0.1, 0.15) is 36.5 Å². The third kappa shape index (κ3) is 5.80. The van der Waals surface area contributed by atoms with Crippen molar-refractivity contribution in [1.29, 1.82) is 0 Å². The van der Waals surface area contributed by atoms with Crippen LogP contribution < -0.4 is 10.6 Å². The van der Waals surface area contributed by atoms with Crippen molar-refractivity contribution in [3.8, 4) is 0 Å². The Hall–Kier alpha value is -1.26. The Morgan fingerprint density at radius 1 is 1.15 bits per heavy atom. The first-order chi connectivity index (χ1) is 9.54. The van der Waals surface area contributed by atoms with Crippen molar-refractivity contribution in [3.63, 3.8) is 0 Å². The van der Waals surface area contributed by atoms with Crippen LogP contribution in [0.3, 0.4) is 0 Å². The molecule has 0 radical (unpaired) electrons. The molecule has 0 spiro atoms. The van der Waals surface area contributed by atoms with E-state index in [-0.39, 0.29) is 17.5 Å². The van der Waals surface area contributed by atoms with E-state index in [4.69, 9.17) is 23.2 Å². The second-order valence-electron chi connectivity index (χ2n) is 4.36. The van der Waals surface area contributed by atoms with Gasteiger partial charge in [0.1, 0.15) is 0 Å². The molecule has 0 aliphatic rings. The van der Waals surface area contributed by atoms with Crippen LogP contribution in [-0.2, 0) is 4.79 Å². The van der Waals surface area contributed by atoms with Gasteiger partial charge in [0.2, 0.25) is 5.91 Å². The zero-order valence-corrected chi connectivity index (χ0v) is 12.9. The van der Waals surface area contributed by atoms with Gasteiger partial charge in [-0.3, -0.25) is 9.59 Å². The number of hydrogen-bond donors (Lipinski definition) is 2. The maximum atomic E-state index is 11.8. The number of carbonyl (C=O) groups excluding carboxylic acids is 2. The summed E-state index contributed by atoms with van der Waals surface area (Å²) in [5.41, 5.74) is 0.301. The molecule has 1 rings (SSSR count). The third-order valence-electron chi connectivity index (χ3n) is 2.69. The quantitative estimate of drug-likeness (QED) is 0.760. The van der Waals surface area contributed by atoms with Crippen LogP contribution in [0, 0.1) is 0 Å². The van der Waals surface area contributed by atoms with Crippen LogP contribution in [-0.4, -0.2) is 24.9 Å². The largest absolute Gasteiger partial charge is 0.355 e. The summed E-state index contributed by atoms with van der Waals surface area (Å²) in [5, 5.41) is 5.98. The molecule has 4 nitrogen and oxygen atoms in total. The number of nitrogens with one attached hydrogen (secondary N) is 2. The topological polar surface area (TPSA) is 58.2 Å². The lowest BCUT2D eigenvalue weighted by atomic mass is 10.2. The average molecular weight is 317 g/mol. The predicted molar refractivity (Wildman–Crippen MR) is 81.3 cm³/mol. The van der Waals surface area contributed by atoms with E-state index in [9.17, 15) is 9.59 Å². The van der Waals surface area contributed by atoms with Crippen molar-refractivity contribution in [2.24, 2.45) is 0 Å². The molecule has 0 unspecified atom stereocenters. The van der Waals surface area contributed by atoms with Gasteiger partial charge < -0.3 is 10.6 Å². The normalized spacial score (nSPS) is 10.2. The summed E-state index contributed by atoms with van der Waals surface area (Å²) in [4.78, 5) is 23.3. The molecule has 0 aliphatic carbocycles. The summed E-state index contributed by atoms with van der Waals surface area (Å²) in [6, 6.07) is 4.59. The molecule has 0 saturated heterocycles. The molecule has 0 atom stereocenters. The van der Waals surface area contributed by atoms with Crippen molar-refractivity contribution < 1.29 is 9.59 Å². The van der Waals surface area contributed by atoms with Crippen molar-refractivity contribution >= 4 is 35.0 Å². The zero-order chi connectivity index (χ0) is 15.0. The lowest BCUT2D eigenvalue weighted by Gasteiger charge is -2.08. The third-order valence-corrected chi connectivity index (χ3v) is 3.24. The fourth-order valence-electron chi connectivity index (χ4n) is 1.59. The molecule has 6 heteroatoms. The lowest BCUT2D eigenvalue weighted by Crippen LogP contribution is -2.37. The molecule has 0 saturated carbocycles. The summed E-state index contributed by atoms with van der Waals surface area (Å²) in [7, 11) is 0. The van der Waals surface area contributed by atoms with Crippen LogP contribution >= 0.6 is 23.2 Å². The Labute approximate surface area is 128 Å². The summed E-state index contributed by atoms with van der Waals surface area (Å²) >= 11 is 11.7. The molecule has 1 aromatic rings. The first-order valence-corrected chi connectivity index (χ1v) is 7.30. The van der Waals surface area contributed by atoms with Crippen LogP contribution in [0.2, 0.25) is 10.0 Å². The second kappa shape index (κ2) is 8.82. The number of halogens is 2. The highest BCUT2D eigenvalue weighted by atomic mass is 35.5. The van der Waals surface area contributed by atoms with E-state index < -0.39 is 5.91 Å². The fourth-order valence-corrected chi connectivity index (χ4v) is 2.09. The maximum absolute atomic E-state index is 11.8. The molecule has 0 aromatic heterocycles. The minimum atomic E-state index is -0.393. The van der Waals surface area contributed by atoms with E-state index in [1.54, 1.807) is 6.07 Å². The predicted octanol–water partition coefficient (Wildman–Crippen LogP) is 3.03. The molecule has 1 aromatic carbocycles. The van der Waals surface area contributed by atoms with E-state index in [1.165, 1.54) is 12.1 Å². The van der Waals surface area contributed by atoms with Crippen molar-refractivity contribution in [3.05, 3.63) is 33.8 Å². The molecule has 110 valence electrons. The zero-order valence-electron chi connectivity index (χ0n) is 11.3. The van der Waals surface area contributed by atoms with Crippen molar-refractivity contribution in [1.82, 2.24) is 10.6 Å². The number of amides is 2. The summed E-state index contributed by atoms with van der Waals surface area (Å²) in [5.74, 6) is -0.602. The number of carbonyl (C=O) groups is 2. The first kappa shape index (κ1) is 16.8. The Kier molecular flexibility index (Phi) is 7.41. The Bertz CT molecular complexity index is 478. The molecule has 20 heavy (non-hydrogen) atoms. The molecular formula is C14H18Cl2N2O2. The number of hydrogen-bond acceptors (Lipinski definition) is 2. The molecule has 2 amide bonds. The van der Waals surface area contributed by atoms with Gasteiger partial charge >= 0.3 is 0 Å². The van der Waals surface area contributed by atoms with Crippen LogP contribution in [0.4, 0.5) is 0 Å². The van der Waals surface area contributed by atoms with Crippen LogP contribution in [0.25, 0.3) is 0 Å². The number of benzene rings is 1. The van der Waals surface area contributed by atoms with E-state index in [1.807, 2.05) is 0 Å². The lowest BCUT2D eigenvalue weighted by molar-refractivity contribution is -0.120. The maximum Gasteiger partial charge on any atom is 0.253 e. The number of rotatable bonds is 7. The van der Waals surface area contributed by atoms with Gasteiger partial charge in [0.25, 0.3) is 5.91 Å². The van der Waals surface area contributed by atoms with Gasteiger partial charge in [-0.1, -0.05) is 43.0 Å². The SMILES string of the molecule is CCCCCNC(=O)CNC(=O)c1ccc(Cl)cc1Cl. The number of unbranched alkanes of at least 4 members (excludes halogenated alkanes) is 2. The monoisotopic (exact) mass is 316 g/mol. The van der Waals surface area contributed by atoms with Gasteiger partial charge in [-0.2, -0.15) is 0 Å². The summed E-state index contributed by atoms with van der Waals surface area (Å²) in [6.07, 6.45) is 3.12. The van der Waals surface area contributed by atoms with E-state index in [0.717, 1.165) is 19.3 Å². The summed E-state index contributed by atoms with van der Waals surface area (Å²) < 4.78 is 0. The minimum Gasteiger partial charge on any atom is -0.355 e. The van der Waals surface area contributed by atoms with Gasteiger partial charge in [-0.15, -0.1) is 0 Å². The van der Waals surface area contributed by atoms with Gasteiger partial charge in [-0.25, -0.2) is 0 Å². The first-order valence-electron chi connectivity index (χ1n) is 6.54. The molecule has 0 bridgehead atoms. The van der Waals surface area contributed by atoms with Crippen molar-refractivity contribution in [2.75, 3.05) is 13.1 Å². The van der Waals surface area contributed by atoms with Crippen LogP contribution in [0.15, 0.2) is 18.2 Å². The van der Waals surface area contributed by atoms with Gasteiger partial charge in [0.15, 0.2) is 0 Å². The van der Waals surface area contributed by atoms with E-state index >= 15 is 0 Å². The standard InChI is InChI=1S/C14H18Cl2N2O2/c1-2-3-4-7-17-13(19)9-18-14(20)11-6-5-10(15)8-12(11)16/h5-6,8H,2-4,7,9H2,1H3,(H,17,19)(H,18,20). The van der Waals surface area contributed by atoms with Gasteiger partial charge in [-0.05, 0) is 24.6 Å². The Morgan fingerprint density at radius 3 is 2.55 bits per heavy atom. The second-order valence-corrected chi connectivity index (χ2v) is 5.21.